The van der Waals surface area contributed by atoms with Crippen molar-refractivity contribution in [2.45, 2.75) is 59.7 Å². The van der Waals surface area contributed by atoms with Gasteiger partial charge in [0, 0.05) is 5.71 Å². The maximum Gasteiger partial charge on any atom is 0.192 e. The summed E-state index contributed by atoms with van der Waals surface area (Å²) in [6.07, 6.45) is 0. The molecule has 0 aromatic rings. The highest BCUT2D eigenvalue weighted by Gasteiger charge is 2.37. The molecule has 0 aliphatic carbocycles. The summed E-state index contributed by atoms with van der Waals surface area (Å²) in [4.78, 5) is 0. The van der Waals surface area contributed by atoms with Gasteiger partial charge >= 0.3 is 0 Å². The van der Waals surface area contributed by atoms with Crippen LogP contribution in [-0.4, -0.2) is 20.6 Å². The predicted octanol–water partition coefficient (Wildman–Crippen LogP) is 4.32. The van der Waals surface area contributed by atoms with Crippen LogP contribution in [0.25, 0.3) is 0 Å². The average molecular weight is 243 g/mol. The normalized spacial score (nSPS) is 15.3. The quantitative estimate of drug-likeness (QED) is 0.566. The zero-order valence-corrected chi connectivity index (χ0v) is 13.3. The summed E-state index contributed by atoms with van der Waals surface area (Å²) < 4.78 is 6.04. The molecule has 0 heterocycles. The molecular formula is C13H29NOSi. The third kappa shape index (κ3) is 4.38. The molecule has 0 spiro atoms. The summed E-state index contributed by atoms with van der Waals surface area (Å²) in [5.41, 5.74) is 0.736. The highest BCUT2D eigenvalue weighted by Crippen LogP contribution is 2.36. The third-order valence-electron chi connectivity index (χ3n) is 3.94. The SMILES string of the molecule is CC(C)C(C)C(=N)CO[Si](C)(C)C(C)(C)C. The van der Waals surface area contributed by atoms with E-state index in [0.717, 1.165) is 5.71 Å². The Morgan fingerprint density at radius 1 is 1.19 bits per heavy atom. The molecule has 0 saturated heterocycles. The summed E-state index contributed by atoms with van der Waals surface area (Å²) >= 11 is 0. The standard InChI is InChI=1S/C13H29NOSi/c1-10(2)11(3)12(14)9-15-16(7,8)13(4,5)6/h10-11,14H,9H2,1-8H3. The minimum Gasteiger partial charge on any atom is -0.411 e. The molecule has 1 atom stereocenters. The van der Waals surface area contributed by atoms with E-state index in [9.17, 15) is 0 Å². The number of hydrogen-bond acceptors (Lipinski definition) is 2. The molecule has 0 fully saturated rings. The van der Waals surface area contributed by atoms with Gasteiger partial charge in [-0.2, -0.15) is 0 Å². The van der Waals surface area contributed by atoms with Crippen LogP contribution in [0.3, 0.4) is 0 Å². The summed E-state index contributed by atoms with van der Waals surface area (Å²) in [7, 11) is -1.69. The monoisotopic (exact) mass is 243 g/mol. The summed E-state index contributed by atoms with van der Waals surface area (Å²) in [6.45, 7) is 18.1. The zero-order chi connectivity index (χ0) is 13.1. The Kier molecular flexibility index (Phi) is 5.40. The fourth-order valence-electron chi connectivity index (χ4n) is 1.01. The third-order valence-corrected chi connectivity index (χ3v) is 8.42. The Morgan fingerprint density at radius 2 is 1.62 bits per heavy atom. The van der Waals surface area contributed by atoms with Gasteiger partial charge in [-0.1, -0.05) is 41.5 Å². The van der Waals surface area contributed by atoms with Gasteiger partial charge in [0.25, 0.3) is 0 Å². The number of rotatable bonds is 5. The molecule has 16 heavy (non-hydrogen) atoms. The van der Waals surface area contributed by atoms with E-state index < -0.39 is 8.32 Å². The Bertz CT molecular complexity index is 241. The van der Waals surface area contributed by atoms with Crippen LogP contribution < -0.4 is 0 Å². The van der Waals surface area contributed by atoms with Crippen LogP contribution >= 0.6 is 0 Å². The van der Waals surface area contributed by atoms with Gasteiger partial charge < -0.3 is 9.84 Å². The fraction of sp³-hybridized carbons (Fsp3) is 0.923. The van der Waals surface area contributed by atoms with Gasteiger partial charge in [-0.25, -0.2) is 0 Å². The summed E-state index contributed by atoms with van der Waals surface area (Å²) in [6, 6.07) is 0. The van der Waals surface area contributed by atoms with E-state index in [1.807, 2.05) is 0 Å². The molecule has 1 unspecified atom stereocenters. The topological polar surface area (TPSA) is 33.1 Å². The molecule has 0 rings (SSSR count). The van der Waals surface area contributed by atoms with E-state index in [-0.39, 0.29) is 5.04 Å². The molecular weight excluding hydrogens is 214 g/mol. The van der Waals surface area contributed by atoms with Crippen LogP contribution in [0, 0.1) is 17.2 Å². The second-order valence-corrected chi connectivity index (χ2v) is 11.4. The highest BCUT2D eigenvalue weighted by molar-refractivity contribution is 6.74. The maximum absolute atomic E-state index is 8.01. The van der Waals surface area contributed by atoms with E-state index in [4.69, 9.17) is 9.84 Å². The van der Waals surface area contributed by atoms with Crippen molar-refractivity contribution in [2.75, 3.05) is 6.61 Å². The van der Waals surface area contributed by atoms with E-state index in [0.29, 0.717) is 18.4 Å². The van der Waals surface area contributed by atoms with E-state index in [1.165, 1.54) is 0 Å². The first-order chi connectivity index (χ1) is 6.99. The molecule has 0 amide bonds. The molecule has 0 bridgehead atoms. The van der Waals surface area contributed by atoms with Gasteiger partial charge in [-0.05, 0) is 30.0 Å². The molecule has 1 N–H and O–H groups in total. The molecule has 0 radical (unpaired) electrons. The first kappa shape index (κ1) is 15.8. The highest BCUT2D eigenvalue weighted by atomic mass is 28.4. The molecule has 0 aromatic carbocycles. The predicted molar refractivity (Wildman–Crippen MR) is 74.9 cm³/mol. The minimum atomic E-state index is -1.69. The van der Waals surface area contributed by atoms with E-state index in [2.05, 4.69) is 54.6 Å². The van der Waals surface area contributed by atoms with Gasteiger partial charge in [0.05, 0.1) is 6.61 Å². The van der Waals surface area contributed by atoms with Crippen molar-refractivity contribution in [1.82, 2.24) is 0 Å². The van der Waals surface area contributed by atoms with Gasteiger partial charge in [-0.3, -0.25) is 0 Å². The second-order valence-electron chi connectivity index (χ2n) is 6.61. The Labute approximate surface area is 102 Å². The number of nitrogens with one attached hydrogen (secondary N) is 1. The van der Waals surface area contributed by atoms with Crippen molar-refractivity contribution in [3.05, 3.63) is 0 Å². The van der Waals surface area contributed by atoms with Crippen molar-refractivity contribution in [3.8, 4) is 0 Å². The fourth-order valence-corrected chi connectivity index (χ4v) is 1.96. The van der Waals surface area contributed by atoms with Crippen LogP contribution in [0.1, 0.15) is 41.5 Å². The lowest BCUT2D eigenvalue weighted by Crippen LogP contribution is -2.42. The van der Waals surface area contributed by atoms with Crippen LogP contribution in [0.5, 0.6) is 0 Å². The van der Waals surface area contributed by atoms with E-state index in [1.54, 1.807) is 0 Å². The van der Waals surface area contributed by atoms with Gasteiger partial charge in [0.2, 0.25) is 0 Å². The first-order valence-electron chi connectivity index (χ1n) is 6.20. The van der Waals surface area contributed by atoms with Crippen LogP contribution in [-0.2, 0) is 4.43 Å². The smallest absolute Gasteiger partial charge is 0.192 e. The zero-order valence-electron chi connectivity index (χ0n) is 12.3. The molecule has 0 aromatic heterocycles. The lowest BCUT2D eigenvalue weighted by molar-refractivity contribution is 0.329. The minimum absolute atomic E-state index is 0.231. The molecule has 0 saturated carbocycles. The Hall–Kier alpha value is -0.153. The van der Waals surface area contributed by atoms with Crippen molar-refractivity contribution in [3.63, 3.8) is 0 Å². The van der Waals surface area contributed by atoms with Crippen molar-refractivity contribution < 1.29 is 4.43 Å². The van der Waals surface area contributed by atoms with Gasteiger partial charge in [0.1, 0.15) is 0 Å². The molecule has 0 aliphatic heterocycles. The summed E-state index contributed by atoms with van der Waals surface area (Å²) in [5.74, 6) is 0.847. The molecule has 96 valence electrons. The molecule has 2 nitrogen and oxygen atoms in total. The summed E-state index contributed by atoms with van der Waals surface area (Å²) in [5, 5.41) is 8.24. The van der Waals surface area contributed by atoms with Crippen LogP contribution in [0.15, 0.2) is 0 Å². The average Bonchev–Trinajstić information content (AvgIpc) is 2.11. The number of hydrogen-bond donors (Lipinski definition) is 1. The largest absolute Gasteiger partial charge is 0.411 e. The lowest BCUT2D eigenvalue weighted by Gasteiger charge is -2.36. The molecule has 0 aliphatic rings. The van der Waals surface area contributed by atoms with Gasteiger partial charge in [-0.15, -0.1) is 0 Å². The van der Waals surface area contributed by atoms with Gasteiger partial charge in [0.15, 0.2) is 8.32 Å². The Balaban J connectivity index is 4.31. The molecule has 3 heteroatoms. The van der Waals surface area contributed by atoms with Crippen molar-refractivity contribution >= 4 is 14.0 Å². The maximum atomic E-state index is 8.01. The lowest BCUT2D eigenvalue weighted by atomic mass is 9.93. The first-order valence-corrected chi connectivity index (χ1v) is 9.11. The van der Waals surface area contributed by atoms with Crippen molar-refractivity contribution in [1.29, 1.82) is 5.41 Å². The van der Waals surface area contributed by atoms with Crippen LogP contribution in [0.2, 0.25) is 18.1 Å². The van der Waals surface area contributed by atoms with Crippen molar-refractivity contribution in [2.24, 2.45) is 11.8 Å². The van der Waals surface area contributed by atoms with E-state index >= 15 is 0 Å². The van der Waals surface area contributed by atoms with Crippen LogP contribution in [0.4, 0.5) is 0 Å². The Morgan fingerprint density at radius 3 is 1.94 bits per heavy atom. The second kappa shape index (κ2) is 5.45.